The third-order valence-electron chi connectivity index (χ3n) is 4.95. The van der Waals surface area contributed by atoms with Crippen molar-refractivity contribution in [3.8, 4) is 0 Å². The van der Waals surface area contributed by atoms with E-state index < -0.39 is 0 Å². The van der Waals surface area contributed by atoms with Gasteiger partial charge in [-0.05, 0) is 65.6 Å². The van der Waals surface area contributed by atoms with Crippen molar-refractivity contribution < 1.29 is 0 Å². The van der Waals surface area contributed by atoms with E-state index in [0.29, 0.717) is 0 Å². The number of hydrogen-bond acceptors (Lipinski definition) is 3. The number of nitrogens with two attached hydrogens (primary N) is 1. The third-order valence-corrected chi connectivity index (χ3v) is 4.95. The highest BCUT2D eigenvalue weighted by atomic mass is 15.3. The first-order chi connectivity index (χ1) is 9.93. The van der Waals surface area contributed by atoms with Gasteiger partial charge in [0, 0.05) is 11.6 Å². The number of likely N-dealkylation sites (tertiary alicyclic amines) is 1. The molecule has 0 spiro atoms. The second kappa shape index (κ2) is 6.91. The van der Waals surface area contributed by atoms with Crippen molar-refractivity contribution in [3.63, 3.8) is 0 Å². The molecule has 1 saturated heterocycles. The van der Waals surface area contributed by atoms with Crippen LogP contribution in [0.3, 0.4) is 0 Å². The van der Waals surface area contributed by atoms with Gasteiger partial charge in [-0.15, -0.1) is 0 Å². The van der Waals surface area contributed by atoms with Crippen molar-refractivity contribution in [1.82, 2.24) is 10.3 Å². The van der Waals surface area contributed by atoms with E-state index in [0.717, 1.165) is 6.42 Å². The van der Waals surface area contributed by atoms with Gasteiger partial charge in [-0.3, -0.25) is 16.2 Å². The first kappa shape index (κ1) is 16.5. The van der Waals surface area contributed by atoms with E-state index in [1.807, 2.05) is 0 Å². The molecule has 0 radical (unpaired) electrons. The molecule has 3 nitrogen and oxygen atoms in total. The Morgan fingerprint density at radius 2 is 1.67 bits per heavy atom. The number of nitrogens with zero attached hydrogens (tertiary/aromatic N) is 1. The Balaban J connectivity index is 2.13. The zero-order valence-corrected chi connectivity index (χ0v) is 14.1. The summed E-state index contributed by atoms with van der Waals surface area (Å²) in [5.74, 6) is 5.91. The molecule has 0 amide bonds. The van der Waals surface area contributed by atoms with Crippen molar-refractivity contribution in [3.05, 3.63) is 34.9 Å². The van der Waals surface area contributed by atoms with Crippen molar-refractivity contribution >= 4 is 0 Å². The fraction of sp³-hybridized carbons (Fsp3) is 0.667. The SMILES string of the molecule is Cc1cc(C)cc(CC(NN)C(C)(C)N2CCCCC2)c1. The molecule has 0 saturated carbocycles. The second-order valence-electron chi connectivity index (χ2n) is 7.12. The average molecular weight is 289 g/mol. The summed E-state index contributed by atoms with van der Waals surface area (Å²) >= 11 is 0. The lowest BCUT2D eigenvalue weighted by Crippen LogP contribution is -2.61. The van der Waals surface area contributed by atoms with Gasteiger partial charge in [-0.25, -0.2) is 0 Å². The summed E-state index contributed by atoms with van der Waals surface area (Å²) in [4.78, 5) is 2.60. The van der Waals surface area contributed by atoms with Crippen LogP contribution in [0.5, 0.6) is 0 Å². The number of piperidine rings is 1. The molecule has 1 aromatic carbocycles. The molecule has 3 N–H and O–H groups in total. The maximum absolute atomic E-state index is 5.91. The average Bonchev–Trinajstić information content (AvgIpc) is 2.44. The number of hydrogen-bond donors (Lipinski definition) is 2. The Morgan fingerprint density at radius 1 is 1.10 bits per heavy atom. The highest BCUT2D eigenvalue weighted by Gasteiger charge is 2.35. The van der Waals surface area contributed by atoms with Gasteiger partial charge in [-0.1, -0.05) is 35.7 Å². The minimum absolute atomic E-state index is 0.0762. The summed E-state index contributed by atoms with van der Waals surface area (Å²) in [5.41, 5.74) is 7.20. The molecule has 1 fully saturated rings. The van der Waals surface area contributed by atoms with Crippen molar-refractivity contribution in [2.24, 2.45) is 5.84 Å². The maximum atomic E-state index is 5.91. The highest BCUT2D eigenvalue weighted by Crippen LogP contribution is 2.26. The van der Waals surface area contributed by atoms with Crippen LogP contribution in [-0.2, 0) is 6.42 Å². The molecule has 1 aromatic rings. The van der Waals surface area contributed by atoms with Gasteiger partial charge >= 0.3 is 0 Å². The molecule has 2 rings (SSSR count). The number of nitrogens with one attached hydrogen (secondary N) is 1. The zero-order chi connectivity index (χ0) is 15.5. The Kier molecular flexibility index (Phi) is 5.42. The summed E-state index contributed by atoms with van der Waals surface area (Å²) < 4.78 is 0. The van der Waals surface area contributed by atoms with Crippen LogP contribution in [0.2, 0.25) is 0 Å². The van der Waals surface area contributed by atoms with Crippen LogP contribution in [0, 0.1) is 13.8 Å². The lowest BCUT2D eigenvalue weighted by atomic mass is 9.86. The van der Waals surface area contributed by atoms with Crippen molar-refractivity contribution in [2.45, 2.75) is 65.0 Å². The summed E-state index contributed by atoms with van der Waals surface area (Å²) in [6.45, 7) is 11.4. The van der Waals surface area contributed by atoms with Crippen LogP contribution in [0.4, 0.5) is 0 Å². The number of benzene rings is 1. The summed E-state index contributed by atoms with van der Waals surface area (Å²) in [7, 11) is 0. The van der Waals surface area contributed by atoms with E-state index in [-0.39, 0.29) is 11.6 Å². The minimum Gasteiger partial charge on any atom is -0.297 e. The zero-order valence-electron chi connectivity index (χ0n) is 14.1. The second-order valence-corrected chi connectivity index (χ2v) is 7.12. The molecular weight excluding hydrogens is 258 g/mol. The number of rotatable bonds is 5. The number of hydrazine groups is 1. The predicted molar refractivity (Wildman–Crippen MR) is 90.2 cm³/mol. The van der Waals surface area contributed by atoms with Gasteiger partial charge in [0.1, 0.15) is 0 Å². The minimum atomic E-state index is 0.0762. The van der Waals surface area contributed by atoms with Crippen molar-refractivity contribution in [2.75, 3.05) is 13.1 Å². The molecule has 21 heavy (non-hydrogen) atoms. The fourth-order valence-corrected chi connectivity index (χ4v) is 3.63. The largest absolute Gasteiger partial charge is 0.297 e. The van der Waals surface area contributed by atoms with Gasteiger partial charge in [-0.2, -0.15) is 0 Å². The van der Waals surface area contributed by atoms with Gasteiger partial charge < -0.3 is 0 Å². The van der Waals surface area contributed by atoms with E-state index in [9.17, 15) is 0 Å². The van der Waals surface area contributed by atoms with Gasteiger partial charge in [0.2, 0.25) is 0 Å². The Bertz CT molecular complexity index is 441. The first-order valence-electron chi connectivity index (χ1n) is 8.22. The standard InChI is InChI=1S/C18H31N3/c1-14-10-15(2)12-16(11-14)13-17(20-19)18(3,4)21-8-6-5-7-9-21/h10-12,17,20H,5-9,13,19H2,1-4H3. The normalized spacial score (nSPS) is 18.7. The number of aryl methyl sites for hydroxylation is 2. The van der Waals surface area contributed by atoms with Crippen LogP contribution in [0.1, 0.15) is 49.8 Å². The van der Waals surface area contributed by atoms with E-state index in [4.69, 9.17) is 5.84 Å². The summed E-state index contributed by atoms with van der Waals surface area (Å²) in [5, 5.41) is 0. The van der Waals surface area contributed by atoms with E-state index in [1.165, 1.54) is 49.0 Å². The van der Waals surface area contributed by atoms with Crippen LogP contribution < -0.4 is 11.3 Å². The van der Waals surface area contributed by atoms with Crippen molar-refractivity contribution in [1.29, 1.82) is 0 Å². The van der Waals surface area contributed by atoms with Crippen LogP contribution in [0.25, 0.3) is 0 Å². The first-order valence-corrected chi connectivity index (χ1v) is 8.22. The topological polar surface area (TPSA) is 41.3 Å². The molecule has 3 heteroatoms. The van der Waals surface area contributed by atoms with Gasteiger partial charge in [0.15, 0.2) is 0 Å². The molecule has 1 unspecified atom stereocenters. The molecular formula is C18H31N3. The maximum Gasteiger partial charge on any atom is 0.0429 e. The lowest BCUT2D eigenvalue weighted by molar-refractivity contribution is 0.0611. The molecule has 0 bridgehead atoms. The molecule has 1 atom stereocenters. The van der Waals surface area contributed by atoms with Gasteiger partial charge in [0.25, 0.3) is 0 Å². The summed E-state index contributed by atoms with van der Waals surface area (Å²) in [6, 6.07) is 7.05. The third kappa shape index (κ3) is 4.06. The van der Waals surface area contributed by atoms with Crippen LogP contribution in [-0.4, -0.2) is 29.6 Å². The molecule has 1 heterocycles. The lowest BCUT2D eigenvalue weighted by Gasteiger charge is -2.46. The van der Waals surface area contributed by atoms with E-state index in [1.54, 1.807) is 0 Å². The quantitative estimate of drug-likeness (QED) is 0.647. The molecule has 1 aliphatic heterocycles. The van der Waals surface area contributed by atoms with E-state index >= 15 is 0 Å². The molecule has 1 aliphatic rings. The smallest absolute Gasteiger partial charge is 0.0429 e. The molecule has 118 valence electrons. The van der Waals surface area contributed by atoms with Crippen LogP contribution in [0.15, 0.2) is 18.2 Å². The Morgan fingerprint density at radius 3 is 2.19 bits per heavy atom. The van der Waals surface area contributed by atoms with Gasteiger partial charge in [0.05, 0.1) is 0 Å². The highest BCUT2D eigenvalue weighted by molar-refractivity contribution is 5.29. The summed E-state index contributed by atoms with van der Waals surface area (Å²) in [6.07, 6.45) is 4.96. The molecule has 0 aromatic heterocycles. The van der Waals surface area contributed by atoms with Crippen LogP contribution >= 0.6 is 0 Å². The predicted octanol–water partition coefficient (Wildman–Crippen LogP) is 2.94. The fourth-order valence-electron chi connectivity index (χ4n) is 3.63. The monoisotopic (exact) mass is 289 g/mol. The molecule has 0 aliphatic carbocycles. The Labute approximate surface area is 129 Å². The Hall–Kier alpha value is -0.900. The van der Waals surface area contributed by atoms with E-state index in [2.05, 4.69) is 56.2 Å².